The maximum atomic E-state index is 5.56. The zero-order valence-corrected chi connectivity index (χ0v) is 12.1. The first-order valence-electron chi connectivity index (χ1n) is 7.13. The molecule has 0 fully saturated rings. The minimum absolute atomic E-state index is 0.625. The predicted octanol–water partition coefficient (Wildman–Crippen LogP) is 4.57. The second-order valence-electron chi connectivity index (χ2n) is 4.97. The van der Waals surface area contributed by atoms with Crippen molar-refractivity contribution in [3.63, 3.8) is 0 Å². The molecule has 0 amide bonds. The van der Waals surface area contributed by atoms with Crippen LogP contribution in [0.25, 0.3) is 11.1 Å². The summed E-state index contributed by atoms with van der Waals surface area (Å²) in [6.07, 6.45) is 2.95. The van der Waals surface area contributed by atoms with E-state index in [0.717, 1.165) is 18.8 Å². The first-order valence-corrected chi connectivity index (χ1v) is 7.13. The normalized spacial score (nSPS) is 12.6. The SMILES string of the molecule is CCNCc1occc1-c1ccc(C(C)CC)cc1. The molecule has 2 nitrogen and oxygen atoms in total. The zero-order chi connectivity index (χ0) is 13.7. The van der Waals surface area contributed by atoms with Crippen molar-refractivity contribution in [2.24, 2.45) is 0 Å². The van der Waals surface area contributed by atoms with Crippen molar-refractivity contribution in [1.82, 2.24) is 5.32 Å². The highest BCUT2D eigenvalue weighted by molar-refractivity contribution is 5.65. The third-order valence-corrected chi connectivity index (χ3v) is 3.68. The van der Waals surface area contributed by atoms with Gasteiger partial charge in [-0.25, -0.2) is 0 Å². The number of nitrogens with one attached hydrogen (secondary N) is 1. The van der Waals surface area contributed by atoms with Crippen LogP contribution in [0.2, 0.25) is 0 Å². The minimum atomic E-state index is 0.625. The highest BCUT2D eigenvalue weighted by Gasteiger charge is 2.09. The van der Waals surface area contributed by atoms with Gasteiger partial charge in [0.2, 0.25) is 0 Å². The van der Waals surface area contributed by atoms with E-state index in [-0.39, 0.29) is 0 Å². The summed E-state index contributed by atoms with van der Waals surface area (Å²) in [5, 5.41) is 3.31. The van der Waals surface area contributed by atoms with Gasteiger partial charge in [-0.3, -0.25) is 0 Å². The summed E-state index contributed by atoms with van der Waals surface area (Å²) in [7, 11) is 0. The lowest BCUT2D eigenvalue weighted by Gasteiger charge is -2.10. The van der Waals surface area contributed by atoms with Gasteiger partial charge in [0.05, 0.1) is 12.8 Å². The van der Waals surface area contributed by atoms with Gasteiger partial charge >= 0.3 is 0 Å². The third-order valence-electron chi connectivity index (χ3n) is 3.68. The van der Waals surface area contributed by atoms with Gasteiger partial charge in [-0.1, -0.05) is 45.0 Å². The van der Waals surface area contributed by atoms with E-state index in [9.17, 15) is 0 Å². The molecule has 2 heteroatoms. The summed E-state index contributed by atoms with van der Waals surface area (Å²) >= 11 is 0. The zero-order valence-electron chi connectivity index (χ0n) is 12.1. The molecule has 1 aromatic carbocycles. The van der Waals surface area contributed by atoms with Crippen LogP contribution < -0.4 is 5.32 Å². The van der Waals surface area contributed by atoms with E-state index in [1.165, 1.54) is 23.1 Å². The van der Waals surface area contributed by atoms with E-state index >= 15 is 0 Å². The van der Waals surface area contributed by atoms with Gasteiger partial charge < -0.3 is 9.73 Å². The summed E-state index contributed by atoms with van der Waals surface area (Å²) in [5.41, 5.74) is 3.83. The largest absolute Gasteiger partial charge is 0.467 e. The van der Waals surface area contributed by atoms with Crippen molar-refractivity contribution in [1.29, 1.82) is 0 Å². The quantitative estimate of drug-likeness (QED) is 0.820. The monoisotopic (exact) mass is 257 g/mol. The molecule has 102 valence electrons. The van der Waals surface area contributed by atoms with Crippen LogP contribution in [0.3, 0.4) is 0 Å². The Morgan fingerprint density at radius 2 is 1.84 bits per heavy atom. The van der Waals surface area contributed by atoms with E-state index in [1.807, 2.05) is 6.07 Å². The second kappa shape index (κ2) is 6.58. The first kappa shape index (κ1) is 13.9. The molecular formula is C17H23NO. The first-order chi connectivity index (χ1) is 9.26. The lowest BCUT2D eigenvalue weighted by atomic mass is 9.96. The van der Waals surface area contributed by atoms with Crippen LogP contribution in [0.1, 0.15) is 44.4 Å². The summed E-state index contributed by atoms with van der Waals surface area (Å²) in [4.78, 5) is 0. The van der Waals surface area contributed by atoms with Crippen molar-refractivity contribution in [3.8, 4) is 11.1 Å². The lowest BCUT2D eigenvalue weighted by molar-refractivity contribution is 0.489. The topological polar surface area (TPSA) is 25.2 Å². The lowest BCUT2D eigenvalue weighted by Crippen LogP contribution is -2.11. The third kappa shape index (κ3) is 3.27. The van der Waals surface area contributed by atoms with Gasteiger partial charge in [-0.2, -0.15) is 0 Å². The Balaban J connectivity index is 2.20. The highest BCUT2D eigenvalue weighted by atomic mass is 16.3. The van der Waals surface area contributed by atoms with E-state index in [0.29, 0.717) is 5.92 Å². The molecular weight excluding hydrogens is 234 g/mol. The van der Waals surface area contributed by atoms with Gasteiger partial charge in [0.1, 0.15) is 5.76 Å². The molecule has 1 unspecified atom stereocenters. The molecule has 0 aliphatic rings. The fourth-order valence-corrected chi connectivity index (χ4v) is 2.20. The summed E-state index contributed by atoms with van der Waals surface area (Å²) in [5.74, 6) is 1.64. The van der Waals surface area contributed by atoms with Gasteiger partial charge in [-0.05, 0) is 36.1 Å². The van der Waals surface area contributed by atoms with Crippen LogP contribution in [0.15, 0.2) is 41.0 Å². The molecule has 0 saturated carbocycles. The molecule has 19 heavy (non-hydrogen) atoms. The average molecular weight is 257 g/mol. The van der Waals surface area contributed by atoms with Crippen molar-refractivity contribution in [3.05, 3.63) is 47.9 Å². The Hall–Kier alpha value is -1.54. The fourth-order valence-electron chi connectivity index (χ4n) is 2.20. The Morgan fingerprint density at radius 1 is 1.11 bits per heavy atom. The van der Waals surface area contributed by atoms with E-state index in [1.54, 1.807) is 6.26 Å². The predicted molar refractivity (Wildman–Crippen MR) is 80.2 cm³/mol. The van der Waals surface area contributed by atoms with Gasteiger partial charge in [-0.15, -0.1) is 0 Å². The van der Waals surface area contributed by atoms with Crippen LogP contribution in [0.5, 0.6) is 0 Å². The van der Waals surface area contributed by atoms with Gasteiger partial charge in [0.25, 0.3) is 0 Å². The van der Waals surface area contributed by atoms with Crippen molar-refractivity contribution < 1.29 is 4.42 Å². The summed E-state index contributed by atoms with van der Waals surface area (Å²) in [6.45, 7) is 8.33. The maximum Gasteiger partial charge on any atom is 0.125 e. The second-order valence-corrected chi connectivity index (χ2v) is 4.97. The van der Waals surface area contributed by atoms with Crippen LogP contribution in [0, 0.1) is 0 Å². The molecule has 0 aliphatic heterocycles. The number of rotatable bonds is 6. The van der Waals surface area contributed by atoms with E-state index in [2.05, 4.69) is 50.4 Å². The number of furan rings is 1. The van der Waals surface area contributed by atoms with Crippen LogP contribution in [-0.4, -0.2) is 6.54 Å². The summed E-state index contributed by atoms with van der Waals surface area (Å²) in [6, 6.07) is 10.9. The van der Waals surface area contributed by atoms with Crippen LogP contribution in [-0.2, 0) is 6.54 Å². The smallest absolute Gasteiger partial charge is 0.125 e. The number of hydrogen-bond donors (Lipinski definition) is 1. The van der Waals surface area contributed by atoms with Crippen molar-refractivity contribution >= 4 is 0 Å². The molecule has 0 radical (unpaired) electrons. The molecule has 1 atom stereocenters. The average Bonchev–Trinajstić information content (AvgIpc) is 2.92. The van der Waals surface area contributed by atoms with E-state index in [4.69, 9.17) is 4.42 Å². The van der Waals surface area contributed by atoms with Gasteiger partial charge in [0, 0.05) is 5.56 Å². The molecule has 0 saturated heterocycles. The molecule has 1 N–H and O–H groups in total. The molecule has 1 aromatic heterocycles. The Kier molecular flexibility index (Phi) is 4.80. The Bertz CT molecular complexity index is 498. The molecule has 0 spiro atoms. The fraction of sp³-hybridized carbons (Fsp3) is 0.412. The summed E-state index contributed by atoms with van der Waals surface area (Å²) < 4.78 is 5.56. The van der Waals surface area contributed by atoms with Crippen molar-refractivity contribution in [2.45, 2.75) is 39.7 Å². The minimum Gasteiger partial charge on any atom is -0.467 e. The Labute approximate surface area is 115 Å². The molecule has 2 rings (SSSR count). The molecule has 1 heterocycles. The molecule has 2 aromatic rings. The van der Waals surface area contributed by atoms with E-state index < -0.39 is 0 Å². The van der Waals surface area contributed by atoms with Crippen molar-refractivity contribution in [2.75, 3.05) is 6.54 Å². The number of benzene rings is 1. The highest BCUT2D eigenvalue weighted by Crippen LogP contribution is 2.27. The molecule has 0 bridgehead atoms. The standard InChI is InChI=1S/C17H23NO/c1-4-13(3)14-6-8-15(9-7-14)16-10-11-19-17(16)12-18-5-2/h6-11,13,18H,4-5,12H2,1-3H3. The van der Waals surface area contributed by atoms with Gasteiger partial charge in [0.15, 0.2) is 0 Å². The number of hydrogen-bond acceptors (Lipinski definition) is 2. The maximum absolute atomic E-state index is 5.56. The Morgan fingerprint density at radius 3 is 2.47 bits per heavy atom. The van der Waals surface area contributed by atoms with Crippen LogP contribution >= 0.6 is 0 Å². The van der Waals surface area contributed by atoms with Crippen LogP contribution in [0.4, 0.5) is 0 Å². The molecule has 0 aliphatic carbocycles.